The van der Waals surface area contributed by atoms with Crippen LogP contribution in [0.25, 0.3) is 0 Å². The lowest BCUT2D eigenvalue weighted by molar-refractivity contribution is -0.161. The molecule has 0 aromatic heterocycles. The van der Waals surface area contributed by atoms with Gasteiger partial charge in [0.05, 0.1) is 16.7 Å². The summed E-state index contributed by atoms with van der Waals surface area (Å²) in [5.74, 6) is -9.80. The van der Waals surface area contributed by atoms with Gasteiger partial charge in [-0.15, -0.1) is 11.8 Å². The van der Waals surface area contributed by atoms with E-state index in [2.05, 4.69) is 31.9 Å². The number of para-hydroxylation sites is 3. The Bertz CT molecular complexity index is 2660. The Morgan fingerprint density at radius 2 is 1.05 bits per heavy atom. The molecule has 0 saturated carbocycles. The molecule has 2 fully saturated rings. The third-order valence-corrected chi connectivity index (χ3v) is 14.5. The first kappa shape index (κ1) is 55.9. The second kappa shape index (κ2) is 24.1. The number of benzene rings is 4. The molecule has 23 nitrogen and oxygen atoms in total. The molecule has 0 spiro atoms. The Kier molecular flexibility index (Phi) is 17.9. The number of carbonyl (C=O) groups excluding carboxylic acids is 7. The fraction of sp³-hybridized carbons (Fsp3) is 0.373. The number of aliphatic carboxylic acids is 1. The Morgan fingerprint density at radius 3 is 1.48 bits per heavy atom. The van der Waals surface area contributed by atoms with Gasteiger partial charge in [-0.3, -0.25) is 33.6 Å². The van der Waals surface area contributed by atoms with Crippen LogP contribution in [0.4, 0.5) is 0 Å². The fourth-order valence-electron chi connectivity index (χ4n) is 9.05. The minimum absolute atomic E-state index is 0.0164. The first-order valence-corrected chi connectivity index (χ1v) is 24.7. The summed E-state index contributed by atoms with van der Waals surface area (Å²) in [5, 5.41) is 96.0. The van der Waals surface area contributed by atoms with E-state index in [9.17, 15) is 79.2 Å². The third kappa shape index (κ3) is 13.4. The number of carboxylic acids is 1. The van der Waals surface area contributed by atoms with Gasteiger partial charge in [0, 0.05) is 42.8 Å². The SMILES string of the molecule is CC1(C)S[C@@H]2[C@H](NC(=O)[C@H](NC(=O)CCC(=O)NC(CCCNC(=O)c3cccc(O)c3O)(CCCNC(=O)c3cccc(O)c3O)CCCNC(=O)c3cccc(O)c3O)c3ccc(O)cc3)C(=O)N2[C@H]1C(=O)O. The van der Waals surface area contributed by atoms with E-state index < -0.39 is 128 Å². The van der Waals surface area contributed by atoms with Crippen molar-refractivity contribution in [3.05, 3.63) is 101 Å². The molecule has 6 rings (SSSR count). The molecule has 14 N–H and O–H groups in total. The van der Waals surface area contributed by atoms with Crippen molar-refractivity contribution in [2.24, 2.45) is 0 Å². The van der Waals surface area contributed by atoms with Crippen LogP contribution in [0.2, 0.25) is 0 Å². The van der Waals surface area contributed by atoms with E-state index >= 15 is 0 Å². The van der Waals surface area contributed by atoms with E-state index in [1.807, 2.05) is 0 Å². The lowest BCUT2D eigenvalue weighted by atomic mass is 9.83. The molecular weight excluding hydrogens is 999 g/mol. The molecule has 75 heavy (non-hydrogen) atoms. The number of carbonyl (C=O) groups is 8. The zero-order valence-electron chi connectivity index (χ0n) is 40.8. The molecular formula is C51H59N7O16S. The molecule has 0 aliphatic carbocycles. The minimum Gasteiger partial charge on any atom is -0.508 e. The summed E-state index contributed by atoms with van der Waals surface area (Å²) in [4.78, 5) is 107. The molecule has 4 aromatic rings. The normalized spacial score (nSPS) is 16.9. The van der Waals surface area contributed by atoms with Crippen LogP contribution in [0.3, 0.4) is 0 Å². The van der Waals surface area contributed by atoms with Crippen LogP contribution in [0.5, 0.6) is 40.2 Å². The van der Waals surface area contributed by atoms with Gasteiger partial charge in [-0.05, 0) is 106 Å². The van der Waals surface area contributed by atoms with Crippen molar-refractivity contribution in [1.82, 2.24) is 36.8 Å². The van der Waals surface area contributed by atoms with Crippen molar-refractivity contribution >= 4 is 59.1 Å². The standard InChI is InChI=1S/C51H59N7O16S/c1-50(2)42(49(73)74)58-47(72)38(48(58)75-50)56-46(71)37(27-15-17-28(59)18-16-27)55-35(63)19-20-36(64)57-51(21-6-24-52-43(68)29-9-3-12-32(60)39(29)65,22-7-25-53-44(69)30-10-4-13-33(61)40(30)66)23-8-26-54-45(70)31-11-5-14-34(62)41(31)67/h3-5,9-18,37-38,42,48,59-62,65-67H,6-8,19-26H2,1-2H3,(H,52,68)(H,53,69)(H,54,70)(H,55,63)(H,56,71)(H,57,64)(H,73,74)/t37-,38-,42+,48-/m1/s1. The lowest BCUT2D eigenvalue weighted by Crippen LogP contribution is -2.71. The molecule has 0 bridgehead atoms. The molecule has 4 aromatic carbocycles. The van der Waals surface area contributed by atoms with E-state index in [1.165, 1.54) is 95.5 Å². The van der Waals surface area contributed by atoms with Gasteiger partial charge in [-0.25, -0.2) is 4.79 Å². The van der Waals surface area contributed by atoms with Crippen molar-refractivity contribution in [2.75, 3.05) is 19.6 Å². The Labute approximate surface area is 433 Å². The van der Waals surface area contributed by atoms with Crippen molar-refractivity contribution in [3.8, 4) is 40.2 Å². The number of aromatic hydroxyl groups is 7. The maximum atomic E-state index is 14.1. The number of amides is 7. The number of rotatable bonds is 24. The van der Waals surface area contributed by atoms with Gasteiger partial charge in [0.1, 0.15) is 29.2 Å². The van der Waals surface area contributed by atoms with Crippen LogP contribution in [0.1, 0.15) is 108 Å². The average Bonchev–Trinajstić information content (AvgIpc) is 3.63. The highest BCUT2D eigenvalue weighted by Gasteiger charge is 2.64. The number of fused-ring (bicyclic) bond motifs is 1. The maximum absolute atomic E-state index is 14.1. The third-order valence-electron chi connectivity index (χ3n) is 12.9. The van der Waals surface area contributed by atoms with Crippen LogP contribution in [-0.4, -0.2) is 140 Å². The van der Waals surface area contributed by atoms with E-state index in [1.54, 1.807) is 13.8 Å². The minimum atomic E-state index is -1.44. The molecule has 24 heteroatoms. The second-order valence-corrected chi connectivity index (χ2v) is 20.4. The summed E-state index contributed by atoms with van der Waals surface area (Å²) >= 11 is 1.21. The Balaban J connectivity index is 1.18. The van der Waals surface area contributed by atoms with Crippen molar-refractivity contribution in [3.63, 3.8) is 0 Å². The predicted octanol–water partition coefficient (Wildman–Crippen LogP) is 2.68. The quantitative estimate of drug-likeness (QED) is 0.0272. The number of hydrogen-bond acceptors (Lipinski definition) is 16. The Hall–Kier alpha value is -8.41. The summed E-state index contributed by atoms with van der Waals surface area (Å²) in [5.41, 5.74) is -1.60. The van der Waals surface area contributed by atoms with Crippen LogP contribution >= 0.6 is 11.8 Å². The summed E-state index contributed by atoms with van der Waals surface area (Å²) < 4.78 is -0.882. The van der Waals surface area contributed by atoms with E-state index in [-0.39, 0.29) is 86.2 Å². The van der Waals surface area contributed by atoms with Gasteiger partial charge < -0.3 is 77.7 Å². The zero-order valence-corrected chi connectivity index (χ0v) is 41.6. The van der Waals surface area contributed by atoms with Crippen molar-refractivity contribution in [2.45, 2.75) is 99.0 Å². The highest BCUT2D eigenvalue weighted by atomic mass is 32.2. The molecule has 0 unspecified atom stereocenters. The number of nitrogens with one attached hydrogen (secondary N) is 6. The second-order valence-electron chi connectivity index (χ2n) is 18.6. The van der Waals surface area contributed by atoms with Gasteiger partial charge in [-0.2, -0.15) is 0 Å². The number of nitrogens with zero attached hydrogens (tertiary/aromatic N) is 1. The molecule has 4 atom stereocenters. The highest BCUT2D eigenvalue weighted by molar-refractivity contribution is 8.01. The number of phenols is 7. The number of phenolic OH excluding ortho intramolecular Hbond substituents is 7. The number of carboxylic acid groups (broad SMARTS) is 1. The number of β-lactam (4-membered cyclic amide) rings is 1. The summed E-state index contributed by atoms with van der Waals surface area (Å²) in [6, 6.07) is 13.2. The van der Waals surface area contributed by atoms with Gasteiger partial charge in [0.15, 0.2) is 34.5 Å². The average molecular weight is 1060 g/mol. The van der Waals surface area contributed by atoms with Crippen LogP contribution in [0, 0.1) is 0 Å². The highest BCUT2D eigenvalue weighted by Crippen LogP contribution is 2.51. The van der Waals surface area contributed by atoms with E-state index in [0.717, 1.165) is 0 Å². The topological polar surface area (TPSA) is 374 Å². The summed E-state index contributed by atoms with van der Waals surface area (Å²) in [6.07, 6.45) is -0.0135. The predicted molar refractivity (Wildman–Crippen MR) is 269 cm³/mol. The van der Waals surface area contributed by atoms with Crippen molar-refractivity contribution < 1.29 is 79.2 Å². The largest absolute Gasteiger partial charge is 0.508 e. The fourth-order valence-corrected chi connectivity index (χ4v) is 10.7. The smallest absolute Gasteiger partial charge is 0.327 e. The summed E-state index contributed by atoms with van der Waals surface area (Å²) in [6.45, 7) is 3.30. The van der Waals surface area contributed by atoms with Crippen LogP contribution in [0.15, 0.2) is 78.9 Å². The van der Waals surface area contributed by atoms with Crippen LogP contribution in [-0.2, 0) is 24.0 Å². The Morgan fingerprint density at radius 1 is 0.627 bits per heavy atom. The van der Waals surface area contributed by atoms with Crippen molar-refractivity contribution in [1.29, 1.82) is 0 Å². The maximum Gasteiger partial charge on any atom is 0.327 e. The number of thioether (sulfide) groups is 1. The molecule has 2 heterocycles. The molecule has 7 amide bonds. The monoisotopic (exact) mass is 1060 g/mol. The van der Waals surface area contributed by atoms with E-state index in [0.29, 0.717) is 0 Å². The molecule has 2 aliphatic heterocycles. The molecule has 0 radical (unpaired) electrons. The lowest BCUT2D eigenvalue weighted by Gasteiger charge is -2.44. The first-order chi connectivity index (χ1) is 35.5. The van der Waals surface area contributed by atoms with Gasteiger partial charge in [0.2, 0.25) is 23.6 Å². The van der Waals surface area contributed by atoms with Crippen LogP contribution < -0.4 is 31.9 Å². The number of hydrogen-bond donors (Lipinski definition) is 14. The molecule has 2 saturated heterocycles. The first-order valence-electron chi connectivity index (χ1n) is 23.8. The van der Waals surface area contributed by atoms with Gasteiger partial charge in [0.25, 0.3) is 17.7 Å². The van der Waals surface area contributed by atoms with Gasteiger partial charge >= 0.3 is 5.97 Å². The summed E-state index contributed by atoms with van der Waals surface area (Å²) in [7, 11) is 0. The van der Waals surface area contributed by atoms with Gasteiger partial charge in [-0.1, -0.05) is 30.3 Å². The zero-order chi connectivity index (χ0) is 54.8. The molecule has 400 valence electrons. The van der Waals surface area contributed by atoms with E-state index in [4.69, 9.17) is 0 Å². The molecule has 2 aliphatic rings.